The highest BCUT2D eigenvalue weighted by Crippen LogP contribution is 2.39. The third-order valence-corrected chi connectivity index (χ3v) is 8.51. The molecule has 4 unspecified atom stereocenters. The zero-order chi connectivity index (χ0) is 26.4. The first kappa shape index (κ1) is 32.3. The lowest BCUT2D eigenvalue weighted by atomic mass is 9.84. The largest absolute Gasteiger partial charge is 0.501 e. The summed E-state index contributed by atoms with van der Waals surface area (Å²) in [7, 11) is 1.69. The fourth-order valence-electron chi connectivity index (χ4n) is 6.00. The lowest BCUT2D eigenvalue weighted by Crippen LogP contribution is -2.55. The van der Waals surface area contributed by atoms with Gasteiger partial charge in [-0.15, -0.1) is 0 Å². The van der Waals surface area contributed by atoms with Crippen molar-refractivity contribution in [3.63, 3.8) is 0 Å². The third kappa shape index (κ3) is 7.80. The van der Waals surface area contributed by atoms with E-state index in [0.717, 1.165) is 48.3 Å². The number of hydrogen-bond acceptors (Lipinski definition) is 4. The lowest BCUT2D eigenvalue weighted by Gasteiger charge is -2.45. The van der Waals surface area contributed by atoms with Gasteiger partial charge in [0, 0.05) is 18.9 Å². The highest BCUT2D eigenvalue weighted by atomic mass is 16.5. The summed E-state index contributed by atoms with van der Waals surface area (Å²) in [6.07, 6.45) is 26.6. The summed E-state index contributed by atoms with van der Waals surface area (Å²) in [4.78, 5) is 30.0. The van der Waals surface area contributed by atoms with Crippen LogP contribution in [0.3, 0.4) is 0 Å². The van der Waals surface area contributed by atoms with E-state index in [-0.39, 0.29) is 32.1 Å². The molecule has 0 saturated heterocycles. The SMILES string of the molecule is C.C.CCC1=CC2=CC(=O)C=CC2C=C1.COC1=CC=C2N=CC(=O)N(CCC3CCCC(C)CC3)C2(C)C1. The van der Waals surface area contributed by atoms with Gasteiger partial charge in [0.05, 0.1) is 30.3 Å². The molecule has 1 saturated carbocycles. The minimum absolute atomic E-state index is 0. The molecule has 0 aromatic rings. The third-order valence-electron chi connectivity index (χ3n) is 8.51. The number of carbonyl (C=O) groups is 2. The quantitative estimate of drug-likeness (QED) is 0.337. The molecular weight excluding hydrogens is 484 g/mol. The van der Waals surface area contributed by atoms with Gasteiger partial charge in [-0.25, -0.2) is 0 Å². The number of carbonyl (C=O) groups excluding carboxylic acids is 2. The van der Waals surface area contributed by atoms with Crippen molar-refractivity contribution in [3.8, 4) is 0 Å². The van der Waals surface area contributed by atoms with Crippen molar-refractivity contribution < 1.29 is 14.3 Å². The minimum Gasteiger partial charge on any atom is -0.501 e. The predicted molar refractivity (Wildman–Crippen MR) is 163 cm³/mol. The van der Waals surface area contributed by atoms with E-state index in [2.05, 4.69) is 44.0 Å². The molecular formula is C34H50N2O3. The van der Waals surface area contributed by atoms with E-state index in [4.69, 9.17) is 4.74 Å². The van der Waals surface area contributed by atoms with Crippen molar-refractivity contribution in [2.75, 3.05) is 13.7 Å². The van der Waals surface area contributed by atoms with Gasteiger partial charge < -0.3 is 9.64 Å². The first-order chi connectivity index (χ1) is 17.8. The molecule has 5 nitrogen and oxygen atoms in total. The van der Waals surface area contributed by atoms with Gasteiger partial charge in [-0.05, 0) is 67.1 Å². The Bertz CT molecular complexity index is 1100. The number of nitrogens with zero attached hydrogens (tertiary/aromatic N) is 2. The predicted octanol–water partition coefficient (Wildman–Crippen LogP) is 7.93. The van der Waals surface area contributed by atoms with Gasteiger partial charge >= 0.3 is 0 Å². The van der Waals surface area contributed by atoms with Crippen LogP contribution in [0.2, 0.25) is 0 Å². The average molecular weight is 535 g/mol. The Balaban J connectivity index is 0.000000303. The first-order valence-corrected chi connectivity index (χ1v) is 14.0. The van der Waals surface area contributed by atoms with E-state index in [1.807, 2.05) is 23.1 Å². The summed E-state index contributed by atoms with van der Waals surface area (Å²) in [6, 6.07) is 0. The van der Waals surface area contributed by atoms with E-state index >= 15 is 0 Å². The number of ether oxygens (including phenoxy) is 1. The van der Waals surface area contributed by atoms with E-state index in [9.17, 15) is 9.59 Å². The number of fused-ring (bicyclic) bond motifs is 2. The number of allylic oxidation sites excluding steroid dienone is 10. The van der Waals surface area contributed by atoms with Gasteiger partial charge in [0.25, 0.3) is 5.91 Å². The molecule has 4 atom stereocenters. The van der Waals surface area contributed by atoms with Crippen LogP contribution in [-0.2, 0) is 14.3 Å². The standard InChI is InChI=1S/C20H30N2O2.C12H12O.2CH4/c1-15-5-4-6-16(8-7-15)11-12-22-19(23)14-21-18-10-9-17(24-3)13-20(18,22)2;1-2-9-3-4-10-5-6-12(13)8-11(10)7-9;;/h9-10,14-16H,4-8,11-13H2,1-3H3;3-8,10H,2H2,1H3;2*1H4. The molecule has 0 N–H and O–H groups in total. The molecule has 5 aliphatic rings. The van der Waals surface area contributed by atoms with Crippen LogP contribution in [0.5, 0.6) is 0 Å². The van der Waals surface area contributed by atoms with Crippen molar-refractivity contribution in [1.29, 1.82) is 0 Å². The maximum absolute atomic E-state index is 12.5. The molecule has 0 spiro atoms. The van der Waals surface area contributed by atoms with Crippen LogP contribution >= 0.6 is 0 Å². The number of aliphatic imine (C=N–C) groups is 1. The van der Waals surface area contributed by atoms with Gasteiger partial charge in [0.15, 0.2) is 5.78 Å². The highest BCUT2D eigenvalue weighted by Gasteiger charge is 2.43. The summed E-state index contributed by atoms with van der Waals surface area (Å²) in [6.45, 7) is 7.42. The molecule has 5 rings (SSSR count). The van der Waals surface area contributed by atoms with Crippen molar-refractivity contribution in [2.45, 2.75) is 92.5 Å². The number of methoxy groups -OCH3 is 1. The molecule has 39 heavy (non-hydrogen) atoms. The van der Waals surface area contributed by atoms with Crippen LogP contribution in [0.4, 0.5) is 0 Å². The highest BCUT2D eigenvalue weighted by molar-refractivity contribution is 6.27. The average Bonchev–Trinajstić information content (AvgIpc) is 3.11. The van der Waals surface area contributed by atoms with Crippen LogP contribution in [0.15, 0.2) is 76.2 Å². The van der Waals surface area contributed by atoms with Crippen LogP contribution < -0.4 is 0 Å². The van der Waals surface area contributed by atoms with Gasteiger partial charge in [-0.1, -0.05) is 85.1 Å². The molecule has 214 valence electrons. The van der Waals surface area contributed by atoms with Gasteiger partial charge in [-0.3, -0.25) is 14.6 Å². The number of hydrogen-bond donors (Lipinski definition) is 0. The fourth-order valence-corrected chi connectivity index (χ4v) is 6.00. The molecule has 0 aromatic carbocycles. The fraction of sp³-hybridized carbons (Fsp3) is 0.559. The Morgan fingerprint density at radius 1 is 1.05 bits per heavy atom. The first-order valence-electron chi connectivity index (χ1n) is 14.0. The molecule has 4 aliphatic carbocycles. The Hall–Kier alpha value is -2.95. The smallest absolute Gasteiger partial charge is 0.265 e. The lowest BCUT2D eigenvalue weighted by molar-refractivity contribution is -0.129. The van der Waals surface area contributed by atoms with Crippen molar-refractivity contribution >= 4 is 17.9 Å². The van der Waals surface area contributed by atoms with E-state index in [1.165, 1.54) is 43.9 Å². The van der Waals surface area contributed by atoms with Crippen LogP contribution in [-0.4, -0.2) is 42.0 Å². The molecule has 1 fully saturated rings. The maximum atomic E-state index is 12.5. The van der Waals surface area contributed by atoms with E-state index in [0.29, 0.717) is 12.3 Å². The summed E-state index contributed by atoms with van der Waals surface area (Å²) in [5.74, 6) is 2.99. The van der Waals surface area contributed by atoms with Gasteiger partial charge in [-0.2, -0.15) is 0 Å². The van der Waals surface area contributed by atoms with Crippen LogP contribution in [0.25, 0.3) is 0 Å². The van der Waals surface area contributed by atoms with Crippen LogP contribution in [0.1, 0.15) is 87.0 Å². The summed E-state index contributed by atoms with van der Waals surface area (Å²) < 4.78 is 5.44. The van der Waals surface area contributed by atoms with Crippen molar-refractivity contribution in [1.82, 2.24) is 4.90 Å². The van der Waals surface area contributed by atoms with E-state index < -0.39 is 0 Å². The van der Waals surface area contributed by atoms with E-state index in [1.54, 1.807) is 19.3 Å². The molecule has 1 aliphatic heterocycles. The van der Waals surface area contributed by atoms with Crippen molar-refractivity contribution in [2.24, 2.45) is 22.7 Å². The summed E-state index contributed by atoms with van der Waals surface area (Å²) >= 11 is 0. The second-order valence-electron chi connectivity index (χ2n) is 11.2. The summed E-state index contributed by atoms with van der Waals surface area (Å²) in [5.41, 5.74) is 3.03. The number of amides is 1. The van der Waals surface area contributed by atoms with Crippen molar-refractivity contribution in [3.05, 3.63) is 71.2 Å². The topological polar surface area (TPSA) is 59.0 Å². The molecule has 0 radical (unpaired) electrons. The van der Waals surface area contributed by atoms with Gasteiger partial charge in [0.2, 0.25) is 0 Å². The Kier molecular flexibility index (Phi) is 11.9. The number of rotatable bonds is 5. The Labute approximate surface area is 237 Å². The number of ketones is 1. The second kappa shape index (κ2) is 14.4. The van der Waals surface area contributed by atoms with Crippen LogP contribution in [0, 0.1) is 17.8 Å². The summed E-state index contributed by atoms with van der Waals surface area (Å²) in [5, 5.41) is 0. The van der Waals surface area contributed by atoms with Gasteiger partial charge in [0.1, 0.15) is 0 Å². The Morgan fingerprint density at radius 2 is 1.82 bits per heavy atom. The monoisotopic (exact) mass is 534 g/mol. The molecule has 0 aromatic heterocycles. The Morgan fingerprint density at radius 3 is 2.56 bits per heavy atom. The zero-order valence-corrected chi connectivity index (χ0v) is 22.9. The molecule has 0 bridgehead atoms. The zero-order valence-electron chi connectivity index (χ0n) is 22.9. The maximum Gasteiger partial charge on any atom is 0.265 e. The second-order valence-corrected chi connectivity index (χ2v) is 11.2. The minimum atomic E-state index is -0.371. The molecule has 1 heterocycles. The molecule has 5 heteroatoms. The molecule has 1 amide bonds. The normalized spacial score (nSPS) is 29.0.